The van der Waals surface area contributed by atoms with Gasteiger partial charge < -0.3 is 24.2 Å². The number of likely N-dealkylation sites (tertiary alicyclic amines) is 1. The average molecular weight is 443 g/mol. The molecule has 0 saturated carbocycles. The van der Waals surface area contributed by atoms with Crippen molar-refractivity contribution in [1.29, 1.82) is 0 Å². The van der Waals surface area contributed by atoms with Gasteiger partial charge in [0, 0.05) is 6.54 Å². The van der Waals surface area contributed by atoms with E-state index in [1.165, 1.54) is 31.3 Å². The Hall–Kier alpha value is -3.55. The third-order valence-corrected chi connectivity index (χ3v) is 5.22. The number of ether oxygens (including phenoxy) is 3. The molecule has 0 aliphatic carbocycles. The Balaban J connectivity index is 2.26. The normalized spacial score (nSPS) is 17.5. The van der Waals surface area contributed by atoms with Crippen LogP contribution in [-0.2, 0) is 9.59 Å². The van der Waals surface area contributed by atoms with Crippen LogP contribution < -0.4 is 14.2 Å². The number of hydrogen-bond acceptors (Lipinski definition) is 6. The monoisotopic (exact) mass is 443 g/mol. The number of methoxy groups -OCH3 is 2. The van der Waals surface area contributed by atoms with Crippen LogP contribution in [0.3, 0.4) is 0 Å². The second-order valence-corrected chi connectivity index (χ2v) is 7.18. The number of benzene rings is 2. The summed E-state index contributed by atoms with van der Waals surface area (Å²) in [5.74, 6) is -1.59. The standard InChI is InChI=1S/C24H26FNO6/c1-5-11-26-21(14-7-9-18(31-4)19(12-14)32-6-2)20(23(28)24(26)29)22(27)16-13-15(25)8-10-17(16)30-3/h7-10,12-13,21,27H,5-6,11H2,1-4H3/b22-20+. The Kier molecular flexibility index (Phi) is 7.02. The molecule has 0 radical (unpaired) electrons. The first kappa shape index (κ1) is 23.1. The molecule has 1 atom stereocenters. The topological polar surface area (TPSA) is 85.3 Å². The summed E-state index contributed by atoms with van der Waals surface area (Å²) in [6.45, 7) is 4.38. The molecule has 0 aromatic heterocycles. The number of rotatable bonds is 8. The zero-order chi connectivity index (χ0) is 23.4. The minimum Gasteiger partial charge on any atom is -0.507 e. The van der Waals surface area contributed by atoms with Crippen molar-refractivity contribution in [2.75, 3.05) is 27.4 Å². The second-order valence-electron chi connectivity index (χ2n) is 7.18. The van der Waals surface area contributed by atoms with Crippen LogP contribution in [0.5, 0.6) is 17.2 Å². The number of hydrogen-bond donors (Lipinski definition) is 1. The molecule has 2 aromatic carbocycles. The van der Waals surface area contributed by atoms with Gasteiger partial charge >= 0.3 is 0 Å². The Labute approximate surface area is 186 Å². The predicted octanol–water partition coefficient (Wildman–Crippen LogP) is 4.07. The predicted molar refractivity (Wildman–Crippen MR) is 116 cm³/mol. The SMILES string of the molecule is CCCN1C(=O)C(=O)/C(=C(/O)c2cc(F)ccc2OC)C1c1ccc(OC)c(OCC)c1. The van der Waals surface area contributed by atoms with E-state index in [2.05, 4.69) is 0 Å². The van der Waals surface area contributed by atoms with Crippen molar-refractivity contribution >= 4 is 17.4 Å². The zero-order valence-corrected chi connectivity index (χ0v) is 18.5. The summed E-state index contributed by atoms with van der Waals surface area (Å²) in [4.78, 5) is 27.3. The number of carbonyl (C=O) groups is 2. The average Bonchev–Trinajstić information content (AvgIpc) is 3.04. The number of amides is 1. The van der Waals surface area contributed by atoms with Gasteiger partial charge in [-0.1, -0.05) is 13.0 Å². The highest BCUT2D eigenvalue weighted by Gasteiger charge is 2.46. The van der Waals surface area contributed by atoms with Gasteiger partial charge in [0.25, 0.3) is 11.7 Å². The summed E-state index contributed by atoms with van der Waals surface area (Å²) in [6, 6.07) is 7.78. The van der Waals surface area contributed by atoms with Gasteiger partial charge in [-0.2, -0.15) is 0 Å². The maximum Gasteiger partial charge on any atom is 0.295 e. The molecule has 0 bridgehead atoms. The number of carbonyl (C=O) groups excluding carboxylic acids is 2. The molecule has 1 heterocycles. The van der Waals surface area contributed by atoms with E-state index < -0.39 is 29.3 Å². The van der Waals surface area contributed by atoms with Crippen LogP contribution in [0.15, 0.2) is 42.0 Å². The van der Waals surface area contributed by atoms with E-state index in [4.69, 9.17) is 14.2 Å². The number of halogens is 1. The first-order chi connectivity index (χ1) is 15.4. The zero-order valence-electron chi connectivity index (χ0n) is 18.5. The number of nitrogens with zero attached hydrogens (tertiary/aromatic N) is 1. The molecule has 1 saturated heterocycles. The summed E-state index contributed by atoms with van der Waals surface area (Å²) in [6.07, 6.45) is 0.599. The summed E-state index contributed by atoms with van der Waals surface area (Å²) in [5, 5.41) is 11.1. The Bertz CT molecular complexity index is 1060. The highest BCUT2D eigenvalue weighted by atomic mass is 19.1. The molecular formula is C24H26FNO6. The third kappa shape index (κ3) is 4.12. The fourth-order valence-electron chi connectivity index (χ4n) is 3.84. The van der Waals surface area contributed by atoms with Crippen molar-refractivity contribution in [2.45, 2.75) is 26.3 Å². The minimum atomic E-state index is -0.881. The molecule has 8 heteroatoms. The fraction of sp³-hybridized carbons (Fsp3) is 0.333. The van der Waals surface area contributed by atoms with Crippen molar-refractivity contribution in [3.8, 4) is 17.2 Å². The fourth-order valence-corrected chi connectivity index (χ4v) is 3.84. The van der Waals surface area contributed by atoms with Gasteiger partial charge in [0.15, 0.2) is 11.5 Å². The molecule has 1 aliphatic heterocycles. The van der Waals surface area contributed by atoms with Crippen molar-refractivity contribution in [3.05, 3.63) is 58.9 Å². The van der Waals surface area contributed by atoms with Crippen LogP contribution >= 0.6 is 0 Å². The summed E-state index contributed by atoms with van der Waals surface area (Å²) < 4.78 is 30.2. The molecule has 1 aliphatic rings. The van der Waals surface area contributed by atoms with E-state index in [1.54, 1.807) is 18.2 Å². The Morgan fingerprint density at radius 2 is 1.72 bits per heavy atom. The highest BCUT2D eigenvalue weighted by Crippen LogP contribution is 2.43. The van der Waals surface area contributed by atoms with Gasteiger partial charge in [0.2, 0.25) is 0 Å². The molecule has 1 amide bonds. The Morgan fingerprint density at radius 3 is 2.34 bits per heavy atom. The molecule has 170 valence electrons. The van der Waals surface area contributed by atoms with E-state index in [9.17, 15) is 19.1 Å². The molecule has 0 spiro atoms. The number of ketones is 1. The minimum absolute atomic E-state index is 0.00876. The molecular weight excluding hydrogens is 417 g/mol. The van der Waals surface area contributed by atoms with Crippen LogP contribution in [-0.4, -0.2) is 49.1 Å². The van der Waals surface area contributed by atoms with Crippen molar-refractivity contribution in [1.82, 2.24) is 4.90 Å². The lowest BCUT2D eigenvalue weighted by atomic mass is 9.94. The number of aliphatic hydroxyl groups excluding tert-OH is 1. The molecule has 1 unspecified atom stereocenters. The second kappa shape index (κ2) is 9.72. The van der Waals surface area contributed by atoms with Gasteiger partial charge in [0.05, 0.1) is 38.0 Å². The van der Waals surface area contributed by atoms with E-state index in [0.717, 1.165) is 6.07 Å². The highest BCUT2D eigenvalue weighted by molar-refractivity contribution is 6.46. The lowest BCUT2D eigenvalue weighted by molar-refractivity contribution is -0.139. The molecule has 7 nitrogen and oxygen atoms in total. The van der Waals surface area contributed by atoms with Crippen molar-refractivity contribution in [2.24, 2.45) is 0 Å². The van der Waals surface area contributed by atoms with E-state index in [-0.39, 0.29) is 16.9 Å². The van der Waals surface area contributed by atoms with Gasteiger partial charge in [0.1, 0.15) is 17.3 Å². The lowest BCUT2D eigenvalue weighted by Gasteiger charge is -2.25. The van der Waals surface area contributed by atoms with Crippen LogP contribution in [0.1, 0.15) is 37.4 Å². The molecule has 3 rings (SSSR count). The van der Waals surface area contributed by atoms with Crippen LogP contribution in [0.25, 0.3) is 5.76 Å². The van der Waals surface area contributed by atoms with Crippen molar-refractivity contribution in [3.63, 3.8) is 0 Å². The van der Waals surface area contributed by atoms with Gasteiger partial charge in [-0.05, 0) is 49.2 Å². The molecule has 2 aromatic rings. The summed E-state index contributed by atoms with van der Waals surface area (Å²) >= 11 is 0. The largest absolute Gasteiger partial charge is 0.507 e. The number of aliphatic hydroxyl groups is 1. The van der Waals surface area contributed by atoms with E-state index in [1.807, 2.05) is 13.8 Å². The quantitative estimate of drug-likeness (QED) is 0.376. The van der Waals surface area contributed by atoms with Crippen LogP contribution in [0.4, 0.5) is 4.39 Å². The van der Waals surface area contributed by atoms with Gasteiger partial charge in [-0.3, -0.25) is 9.59 Å². The number of Topliss-reactive ketones (excluding diaryl/α,β-unsaturated/α-hetero) is 1. The van der Waals surface area contributed by atoms with Crippen LogP contribution in [0.2, 0.25) is 0 Å². The summed E-state index contributed by atoms with van der Waals surface area (Å²) in [5.41, 5.74) is 0.407. The van der Waals surface area contributed by atoms with Crippen LogP contribution in [0, 0.1) is 5.82 Å². The maximum absolute atomic E-state index is 14.0. The summed E-state index contributed by atoms with van der Waals surface area (Å²) in [7, 11) is 2.88. The smallest absolute Gasteiger partial charge is 0.295 e. The first-order valence-corrected chi connectivity index (χ1v) is 10.3. The van der Waals surface area contributed by atoms with Gasteiger partial charge in [-0.25, -0.2) is 4.39 Å². The molecule has 32 heavy (non-hydrogen) atoms. The Morgan fingerprint density at radius 1 is 1.03 bits per heavy atom. The maximum atomic E-state index is 14.0. The molecule has 1 N–H and O–H groups in total. The first-order valence-electron chi connectivity index (χ1n) is 10.3. The third-order valence-electron chi connectivity index (χ3n) is 5.22. The lowest BCUT2D eigenvalue weighted by Crippen LogP contribution is -2.30. The van der Waals surface area contributed by atoms with E-state index in [0.29, 0.717) is 36.6 Å². The van der Waals surface area contributed by atoms with Crippen molar-refractivity contribution < 1.29 is 33.3 Å². The van der Waals surface area contributed by atoms with Gasteiger partial charge in [-0.15, -0.1) is 0 Å². The van der Waals surface area contributed by atoms with E-state index >= 15 is 0 Å². The molecule has 1 fully saturated rings.